The lowest BCUT2D eigenvalue weighted by molar-refractivity contribution is -0.116. The van der Waals surface area contributed by atoms with Gasteiger partial charge in [-0.15, -0.1) is 0 Å². The maximum absolute atomic E-state index is 12.6. The van der Waals surface area contributed by atoms with Crippen LogP contribution in [0.5, 0.6) is 0 Å². The van der Waals surface area contributed by atoms with E-state index in [2.05, 4.69) is 15.3 Å². The third-order valence-corrected chi connectivity index (χ3v) is 4.19. The topological polar surface area (TPSA) is 84.7 Å². The highest BCUT2D eigenvalue weighted by Gasteiger charge is 2.15. The number of amides is 1. The van der Waals surface area contributed by atoms with Crippen LogP contribution in [0.4, 0.5) is 5.95 Å². The van der Waals surface area contributed by atoms with Crippen LogP contribution in [0.2, 0.25) is 0 Å². The Kier molecular flexibility index (Phi) is 3.61. The standard InChI is InChI=1S/C18H17N5O2/c1-2-22-14-9-5-6-10-15(14)23(18(22)25)11-16(24)21-17-19-12-7-3-4-8-13(12)20-17/h3-10H,2,11H2,1H3,(H2,19,20,21,24). The SMILES string of the molecule is CCn1c(=O)n(CC(=O)Nc2nc3ccccc3[nH]2)c2ccccc21. The van der Waals surface area contributed by atoms with E-state index in [1.165, 1.54) is 4.57 Å². The monoisotopic (exact) mass is 335 g/mol. The number of hydrogen-bond donors (Lipinski definition) is 2. The summed E-state index contributed by atoms with van der Waals surface area (Å²) in [6, 6.07) is 15.0. The van der Waals surface area contributed by atoms with E-state index in [9.17, 15) is 9.59 Å². The van der Waals surface area contributed by atoms with Gasteiger partial charge in [-0.05, 0) is 31.2 Å². The second-order valence-electron chi connectivity index (χ2n) is 5.75. The molecule has 0 fully saturated rings. The second-order valence-corrected chi connectivity index (χ2v) is 5.75. The van der Waals surface area contributed by atoms with Gasteiger partial charge in [-0.2, -0.15) is 0 Å². The molecule has 25 heavy (non-hydrogen) atoms. The maximum atomic E-state index is 12.6. The Bertz CT molecular complexity index is 1100. The summed E-state index contributed by atoms with van der Waals surface area (Å²) in [6.07, 6.45) is 0. The normalized spacial score (nSPS) is 11.2. The van der Waals surface area contributed by atoms with E-state index in [-0.39, 0.29) is 18.1 Å². The summed E-state index contributed by atoms with van der Waals surface area (Å²) in [5.41, 5.74) is 3.00. The molecule has 0 aliphatic heterocycles. The van der Waals surface area contributed by atoms with Crippen LogP contribution in [0.25, 0.3) is 22.1 Å². The smallest absolute Gasteiger partial charge is 0.324 e. The minimum atomic E-state index is -0.305. The molecule has 7 heteroatoms. The van der Waals surface area contributed by atoms with Crippen molar-refractivity contribution < 1.29 is 4.79 Å². The van der Waals surface area contributed by atoms with Gasteiger partial charge in [0.15, 0.2) is 0 Å². The number of aryl methyl sites for hydroxylation is 1. The molecule has 2 heterocycles. The molecule has 0 aliphatic rings. The molecule has 2 aromatic heterocycles. The molecule has 0 radical (unpaired) electrons. The highest BCUT2D eigenvalue weighted by atomic mass is 16.2. The molecular formula is C18H17N5O2. The highest BCUT2D eigenvalue weighted by Crippen LogP contribution is 2.15. The maximum Gasteiger partial charge on any atom is 0.329 e. The van der Waals surface area contributed by atoms with Gasteiger partial charge in [0.2, 0.25) is 11.9 Å². The molecule has 4 rings (SSSR count). The van der Waals surface area contributed by atoms with Crippen molar-refractivity contribution >= 4 is 33.9 Å². The Hall–Kier alpha value is -3.35. The van der Waals surface area contributed by atoms with Crippen molar-refractivity contribution in [2.75, 3.05) is 5.32 Å². The summed E-state index contributed by atoms with van der Waals surface area (Å²) in [5, 5.41) is 2.72. The minimum absolute atomic E-state index is 0.0661. The number of H-pyrrole nitrogens is 1. The van der Waals surface area contributed by atoms with Crippen LogP contribution < -0.4 is 11.0 Å². The van der Waals surface area contributed by atoms with Crippen molar-refractivity contribution in [1.82, 2.24) is 19.1 Å². The van der Waals surface area contributed by atoms with E-state index in [4.69, 9.17) is 0 Å². The summed E-state index contributed by atoms with van der Waals surface area (Å²) in [4.78, 5) is 32.3. The van der Waals surface area contributed by atoms with E-state index >= 15 is 0 Å². The van der Waals surface area contributed by atoms with Crippen LogP contribution in [-0.2, 0) is 17.9 Å². The van der Waals surface area contributed by atoms with E-state index < -0.39 is 0 Å². The predicted octanol–water partition coefficient (Wildman–Crippen LogP) is 2.34. The van der Waals surface area contributed by atoms with Crippen LogP contribution in [0.15, 0.2) is 53.3 Å². The lowest BCUT2D eigenvalue weighted by Gasteiger charge is -2.03. The molecule has 0 saturated heterocycles. The summed E-state index contributed by atoms with van der Waals surface area (Å²) < 4.78 is 3.14. The lowest BCUT2D eigenvalue weighted by atomic mass is 10.3. The minimum Gasteiger partial charge on any atom is -0.324 e. The number of fused-ring (bicyclic) bond motifs is 2. The molecule has 0 bridgehead atoms. The third-order valence-electron chi connectivity index (χ3n) is 4.19. The Morgan fingerprint density at radius 2 is 1.76 bits per heavy atom. The van der Waals surface area contributed by atoms with Crippen LogP contribution in [0.3, 0.4) is 0 Å². The fourth-order valence-electron chi connectivity index (χ4n) is 3.06. The number of benzene rings is 2. The fourth-order valence-corrected chi connectivity index (χ4v) is 3.06. The fraction of sp³-hybridized carbons (Fsp3) is 0.167. The van der Waals surface area contributed by atoms with Crippen LogP contribution in [-0.4, -0.2) is 25.0 Å². The first-order valence-corrected chi connectivity index (χ1v) is 8.10. The van der Waals surface area contributed by atoms with Crippen molar-refractivity contribution in [3.8, 4) is 0 Å². The Morgan fingerprint density at radius 3 is 2.48 bits per heavy atom. The van der Waals surface area contributed by atoms with Crippen molar-refractivity contribution in [2.45, 2.75) is 20.0 Å². The van der Waals surface area contributed by atoms with Crippen molar-refractivity contribution in [3.63, 3.8) is 0 Å². The van der Waals surface area contributed by atoms with Gasteiger partial charge >= 0.3 is 5.69 Å². The van der Waals surface area contributed by atoms with Gasteiger partial charge in [0.05, 0.1) is 22.1 Å². The number of carbonyl (C=O) groups excluding carboxylic acids is 1. The highest BCUT2D eigenvalue weighted by molar-refractivity contribution is 5.91. The van der Waals surface area contributed by atoms with E-state index in [1.807, 2.05) is 55.5 Å². The first-order chi connectivity index (χ1) is 12.2. The van der Waals surface area contributed by atoms with Crippen LogP contribution in [0, 0.1) is 0 Å². The number of carbonyl (C=O) groups is 1. The van der Waals surface area contributed by atoms with Gasteiger partial charge in [-0.3, -0.25) is 19.2 Å². The van der Waals surface area contributed by atoms with Gasteiger partial charge in [-0.25, -0.2) is 9.78 Å². The number of nitrogens with one attached hydrogen (secondary N) is 2. The largest absolute Gasteiger partial charge is 0.329 e. The molecule has 0 saturated carbocycles. The van der Waals surface area contributed by atoms with Crippen molar-refractivity contribution in [2.24, 2.45) is 0 Å². The molecule has 2 aromatic carbocycles. The number of anilines is 1. The average Bonchev–Trinajstić information content (AvgIpc) is 3.13. The van der Waals surface area contributed by atoms with Gasteiger partial charge < -0.3 is 4.98 Å². The van der Waals surface area contributed by atoms with Crippen molar-refractivity contribution in [1.29, 1.82) is 0 Å². The summed E-state index contributed by atoms with van der Waals surface area (Å²) >= 11 is 0. The molecule has 7 nitrogen and oxygen atoms in total. The van der Waals surface area contributed by atoms with Gasteiger partial charge in [0.25, 0.3) is 0 Å². The van der Waals surface area contributed by atoms with E-state index in [1.54, 1.807) is 4.57 Å². The number of aromatic nitrogens is 4. The quantitative estimate of drug-likeness (QED) is 0.600. The number of imidazole rings is 2. The summed E-state index contributed by atoms with van der Waals surface area (Å²) in [5.74, 6) is 0.0682. The first kappa shape index (κ1) is 15.2. The Balaban J connectivity index is 1.64. The van der Waals surface area contributed by atoms with E-state index in [0.717, 1.165) is 22.1 Å². The van der Waals surface area contributed by atoms with Crippen LogP contribution in [0.1, 0.15) is 6.92 Å². The average molecular weight is 335 g/mol. The van der Waals surface area contributed by atoms with Crippen LogP contribution >= 0.6 is 0 Å². The molecule has 0 spiro atoms. The molecule has 4 aromatic rings. The lowest BCUT2D eigenvalue weighted by Crippen LogP contribution is -2.29. The zero-order chi connectivity index (χ0) is 17.4. The predicted molar refractivity (Wildman–Crippen MR) is 96.6 cm³/mol. The number of aromatic amines is 1. The molecular weight excluding hydrogens is 318 g/mol. The summed E-state index contributed by atoms with van der Waals surface area (Å²) in [7, 11) is 0. The Morgan fingerprint density at radius 1 is 1.08 bits per heavy atom. The second kappa shape index (κ2) is 5.94. The third kappa shape index (κ3) is 2.59. The van der Waals surface area contributed by atoms with Gasteiger partial charge in [0.1, 0.15) is 6.54 Å². The Labute approximate surface area is 142 Å². The molecule has 126 valence electrons. The van der Waals surface area contributed by atoms with Gasteiger partial charge in [-0.1, -0.05) is 24.3 Å². The molecule has 2 N–H and O–H groups in total. The number of nitrogens with zero attached hydrogens (tertiary/aromatic N) is 3. The molecule has 0 aliphatic carbocycles. The zero-order valence-corrected chi connectivity index (χ0v) is 13.7. The zero-order valence-electron chi connectivity index (χ0n) is 13.7. The number of para-hydroxylation sites is 4. The molecule has 1 amide bonds. The molecule has 0 unspecified atom stereocenters. The first-order valence-electron chi connectivity index (χ1n) is 8.10. The van der Waals surface area contributed by atoms with Gasteiger partial charge in [0, 0.05) is 6.54 Å². The molecule has 0 atom stereocenters. The summed E-state index contributed by atoms with van der Waals surface area (Å²) in [6.45, 7) is 2.40. The number of hydrogen-bond acceptors (Lipinski definition) is 3. The number of rotatable bonds is 4. The van der Waals surface area contributed by atoms with Crippen molar-refractivity contribution in [3.05, 3.63) is 59.0 Å². The van der Waals surface area contributed by atoms with E-state index in [0.29, 0.717) is 12.5 Å².